The molecule has 0 saturated carbocycles. The van der Waals surface area contributed by atoms with Crippen LogP contribution in [0.4, 0.5) is 4.79 Å². The number of carbonyl (C=O) groups excluding carboxylic acids is 1. The SMILES string of the molecule is O=C1N[C@H](c2cc3ccccc3c3ccccc23)CO1. The van der Waals surface area contributed by atoms with Gasteiger partial charge in [0.25, 0.3) is 0 Å². The predicted molar refractivity (Wildman–Crippen MR) is 78.7 cm³/mol. The molecule has 0 radical (unpaired) electrons. The van der Waals surface area contributed by atoms with Gasteiger partial charge in [0.15, 0.2) is 0 Å². The number of benzene rings is 3. The summed E-state index contributed by atoms with van der Waals surface area (Å²) in [5.41, 5.74) is 1.12. The maximum absolute atomic E-state index is 11.3. The number of carbonyl (C=O) groups is 1. The second-order valence-electron chi connectivity index (χ2n) is 5.03. The van der Waals surface area contributed by atoms with Crippen molar-refractivity contribution >= 4 is 27.6 Å². The molecule has 1 N–H and O–H groups in total. The molecule has 1 aliphatic heterocycles. The molecule has 3 aromatic rings. The number of fused-ring (bicyclic) bond motifs is 3. The van der Waals surface area contributed by atoms with E-state index in [0.717, 1.165) is 5.56 Å². The van der Waals surface area contributed by atoms with Gasteiger partial charge in [-0.3, -0.25) is 0 Å². The molecule has 0 spiro atoms. The van der Waals surface area contributed by atoms with Crippen LogP contribution in [-0.2, 0) is 4.74 Å². The molecule has 1 heterocycles. The average Bonchev–Trinajstić information content (AvgIpc) is 2.93. The fourth-order valence-electron chi connectivity index (χ4n) is 2.92. The number of nitrogens with one attached hydrogen (secondary N) is 1. The van der Waals surface area contributed by atoms with Crippen molar-refractivity contribution in [2.24, 2.45) is 0 Å². The fourth-order valence-corrected chi connectivity index (χ4v) is 2.92. The van der Waals surface area contributed by atoms with E-state index in [1.165, 1.54) is 21.5 Å². The molecule has 0 aliphatic carbocycles. The van der Waals surface area contributed by atoms with Crippen molar-refractivity contribution in [3.05, 3.63) is 60.2 Å². The average molecular weight is 263 g/mol. The van der Waals surface area contributed by atoms with Gasteiger partial charge in [-0.05, 0) is 33.2 Å². The molecule has 0 aromatic heterocycles. The van der Waals surface area contributed by atoms with Crippen LogP contribution in [0.2, 0.25) is 0 Å². The Balaban J connectivity index is 2.05. The number of hydrogen-bond donors (Lipinski definition) is 1. The van der Waals surface area contributed by atoms with Gasteiger partial charge in [0, 0.05) is 0 Å². The summed E-state index contributed by atoms with van der Waals surface area (Å²) in [5, 5.41) is 7.66. The summed E-state index contributed by atoms with van der Waals surface area (Å²) in [6.07, 6.45) is -0.341. The molecule has 20 heavy (non-hydrogen) atoms. The summed E-state index contributed by atoms with van der Waals surface area (Å²) in [6, 6.07) is 18.7. The molecular formula is C17H13NO2. The molecule has 0 unspecified atom stereocenters. The van der Waals surface area contributed by atoms with E-state index in [1.54, 1.807) is 0 Å². The number of alkyl carbamates (subject to hydrolysis) is 1. The lowest BCUT2D eigenvalue weighted by Crippen LogP contribution is -2.18. The molecule has 3 aromatic carbocycles. The minimum absolute atomic E-state index is 0.0722. The third-order valence-electron chi connectivity index (χ3n) is 3.85. The zero-order chi connectivity index (χ0) is 13.5. The van der Waals surface area contributed by atoms with Crippen LogP contribution in [-0.4, -0.2) is 12.7 Å². The molecule has 0 bridgehead atoms. The van der Waals surface area contributed by atoms with E-state index in [1.807, 2.05) is 18.2 Å². The first-order valence-electron chi connectivity index (χ1n) is 6.66. The van der Waals surface area contributed by atoms with Gasteiger partial charge in [-0.2, -0.15) is 0 Å². The molecule has 1 saturated heterocycles. The normalized spacial score (nSPS) is 18.2. The minimum Gasteiger partial charge on any atom is -0.447 e. The summed E-state index contributed by atoms with van der Waals surface area (Å²) >= 11 is 0. The Morgan fingerprint density at radius 2 is 1.65 bits per heavy atom. The highest BCUT2D eigenvalue weighted by Gasteiger charge is 2.25. The second kappa shape index (κ2) is 4.23. The van der Waals surface area contributed by atoms with Crippen molar-refractivity contribution in [2.45, 2.75) is 6.04 Å². The molecule has 1 atom stereocenters. The zero-order valence-corrected chi connectivity index (χ0v) is 10.8. The number of ether oxygens (including phenoxy) is 1. The molecule has 98 valence electrons. The highest BCUT2D eigenvalue weighted by atomic mass is 16.6. The summed E-state index contributed by atoms with van der Waals surface area (Å²) in [4.78, 5) is 11.3. The van der Waals surface area contributed by atoms with E-state index in [4.69, 9.17) is 4.74 Å². The summed E-state index contributed by atoms with van der Waals surface area (Å²) in [5.74, 6) is 0. The van der Waals surface area contributed by atoms with Gasteiger partial charge in [0.05, 0.1) is 6.04 Å². The topological polar surface area (TPSA) is 38.3 Å². The third kappa shape index (κ3) is 1.63. The van der Waals surface area contributed by atoms with E-state index in [-0.39, 0.29) is 12.1 Å². The summed E-state index contributed by atoms with van der Waals surface area (Å²) < 4.78 is 5.03. The Hall–Kier alpha value is -2.55. The van der Waals surface area contributed by atoms with Gasteiger partial charge in [-0.25, -0.2) is 4.79 Å². The van der Waals surface area contributed by atoms with E-state index in [9.17, 15) is 4.79 Å². The first kappa shape index (κ1) is 11.3. The zero-order valence-electron chi connectivity index (χ0n) is 10.8. The molecule has 1 fully saturated rings. The van der Waals surface area contributed by atoms with Gasteiger partial charge >= 0.3 is 6.09 Å². The summed E-state index contributed by atoms with van der Waals surface area (Å²) in [6.45, 7) is 0.390. The fraction of sp³-hybridized carbons (Fsp3) is 0.118. The first-order valence-corrected chi connectivity index (χ1v) is 6.66. The Morgan fingerprint density at radius 3 is 2.40 bits per heavy atom. The number of rotatable bonds is 1. The lowest BCUT2D eigenvalue weighted by atomic mass is 9.94. The van der Waals surface area contributed by atoms with Crippen molar-refractivity contribution in [3.63, 3.8) is 0 Å². The predicted octanol–water partition coefficient (Wildman–Crippen LogP) is 3.77. The lowest BCUT2D eigenvalue weighted by molar-refractivity contribution is 0.177. The van der Waals surface area contributed by atoms with E-state index < -0.39 is 0 Å². The molecule has 3 heteroatoms. The van der Waals surface area contributed by atoms with Crippen molar-refractivity contribution in [2.75, 3.05) is 6.61 Å². The van der Waals surface area contributed by atoms with Crippen LogP contribution in [0.3, 0.4) is 0 Å². The maximum Gasteiger partial charge on any atom is 0.407 e. The monoisotopic (exact) mass is 263 g/mol. The molecule has 3 nitrogen and oxygen atoms in total. The smallest absolute Gasteiger partial charge is 0.407 e. The van der Waals surface area contributed by atoms with Crippen LogP contribution in [0.5, 0.6) is 0 Å². The van der Waals surface area contributed by atoms with Crippen LogP contribution in [0.1, 0.15) is 11.6 Å². The quantitative estimate of drug-likeness (QED) is 0.679. The lowest BCUT2D eigenvalue weighted by Gasteiger charge is -2.14. The Labute approximate surface area is 116 Å². The molecule has 1 amide bonds. The number of hydrogen-bond acceptors (Lipinski definition) is 2. The van der Waals surface area contributed by atoms with Crippen LogP contribution in [0, 0.1) is 0 Å². The van der Waals surface area contributed by atoms with E-state index in [0.29, 0.717) is 6.61 Å². The summed E-state index contributed by atoms with van der Waals surface area (Å²) in [7, 11) is 0. The van der Waals surface area contributed by atoms with Gasteiger partial charge in [-0.1, -0.05) is 48.5 Å². The van der Waals surface area contributed by atoms with Crippen LogP contribution >= 0.6 is 0 Å². The third-order valence-corrected chi connectivity index (χ3v) is 3.85. The van der Waals surface area contributed by atoms with E-state index >= 15 is 0 Å². The van der Waals surface area contributed by atoms with Gasteiger partial charge in [0.1, 0.15) is 6.61 Å². The van der Waals surface area contributed by atoms with Crippen LogP contribution < -0.4 is 5.32 Å². The standard InChI is InChI=1S/C17H13NO2/c19-17-18-16(10-20-17)15-9-11-5-1-2-6-12(11)13-7-3-4-8-14(13)15/h1-9,16H,10H2,(H,18,19)/t16-/m0/s1. The van der Waals surface area contributed by atoms with Crippen molar-refractivity contribution in [1.29, 1.82) is 0 Å². The number of cyclic esters (lactones) is 1. The van der Waals surface area contributed by atoms with Gasteiger partial charge in [0.2, 0.25) is 0 Å². The van der Waals surface area contributed by atoms with Crippen molar-refractivity contribution in [3.8, 4) is 0 Å². The second-order valence-corrected chi connectivity index (χ2v) is 5.03. The van der Waals surface area contributed by atoms with Crippen LogP contribution in [0.15, 0.2) is 54.6 Å². The van der Waals surface area contributed by atoms with Gasteiger partial charge < -0.3 is 10.1 Å². The van der Waals surface area contributed by atoms with Gasteiger partial charge in [-0.15, -0.1) is 0 Å². The van der Waals surface area contributed by atoms with Crippen molar-refractivity contribution < 1.29 is 9.53 Å². The van der Waals surface area contributed by atoms with Crippen LogP contribution in [0.25, 0.3) is 21.5 Å². The van der Waals surface area contributed by atoms with E-state index in [2.05, 4.69) is 41.7 Å². The molecular weight excluding hydrogens is 250 g/mol. The molecule has 4 rings (SSSR count). The highest BCUT2D eigenvalue weighted by molar-refractivity contribution is 6.09. The van der Waals surface area contributed by atoms with Crippen molar-refractivity contribution in [1.82, 2.24) is 5.32 Å². The Morgan fingerprint density at radius 1 is 0.950 bits per heavy atom. The largest absolute Gasteiger partial charge is 0.447 e. The minimum atomic E-state index is -0.341. The number of amides is 1. The molecule has 1 aliphatic rings. The maximum atomic E-state index is 11.3. The Bertz CT molecular complexity index is 825. The first-order chi connectivity index (χ1) is 9.83. The highest BCUT2D eigenvalue weighted by Crippen LogP contribution is 2.33. The Kier molecular flexibility index (Phi) is 2.39.